The molecular formula is C11H12N2O. The van der Waals surface area contributed by atoms with Crippen molar-refractivity contribution in [3.63, 3.8) is 0 Å². The van der Waals surface area contributed by atoms with Gasteiger partial charge in [-0.05, 0) is 25.2 Å². The summed E-state index contributed by atoms with van der Waals surface area (Å²) in [6.45, 7) is 1.94. The van der Waals surface area contributed by atoms with Crippen LogP contribution in [0.2, 0.25) is 0 Å². The standard InChI is InChI=1S/C11H12N2O/c1-13-7-11(8-13)14-10-4-2-3-9(5-10)6-12/h2-5,11H,7-8H2,1H3. The second-order valence-corrected chi connectivity index (χ2v) is 3.60. The molecular weight excluding hydrogens is 176 g/mol. The third-order valence-electron chi connectivity index (χ3n) is 2.30. The van der Waals surface area contributed by atoms with E-state index in [0.29, 0.717) is 5.56 Å². The maximum absolute atomic E-state index is 8.70. The molecule has 3 heteroatoms. The van der Waals surface area contributed by atoms with E-state index in [0.717, 1.165) is 18.8 Å². The van der Waals surface area contributed by atoms with Gasteiger partial charge in [-0.3, -0.25) is 4.90 Å². The van der Waals surface area contributed by atoms with E-state index < -0.39 is 0 Å². The molecule has 1 saturated heterocycles. The summed E-state index contributed by atoms with van der Waals surface area (Å²) in [4.78, 5) is 2.19. The van der Waals surface area contributed by atoms with Crippen molar-refractivity contribution in [2.24, 2.45) is 0 Å². The van der Waals surface area contributed by atoms with Crippen molar-refractivity contribution in [1.82, 2.24) is 4.90 Å². The molecule has 0 bridgehead atoms. The molecule has 1 aromatic carbocycles. The molecule has 0 saturated carbocycles. The minimum Gasteiger partial charge on any atom is -0.488 e. The molecule has 0 radical (unpaired) electrons. The highest BCUT2D eigenvalue weighted by molar-refractivity contribution is 5.36. The van der Waals surface area contributed by atoms with Crippen molar-refractivity contribution in [3.8, 4) is 11.8 Å². The normalized spacial score (nSPS) is 17.1. The number of nitrogens with zero attached hydrogens (tertiary/aromatic N) is 2. The fourth-order valence-electron chi connectivity index (χ4n) is 1.55. The molecule has 0 N–H and O–H groups in total. The van der Waals surface area contributed by atoms with E-state index in [9.17, 15) is 0 Å². The molecule has 0 atom stereocenters. The molecule has 72 valence electrons. The Morgan fingerprint density at radius 2 is 2.29 bits per heavy atom. The smallest absolute Gasteiger partial charge is 0.124 e. The van der Waals surface area contributed by atoms with Gasteiger partial charge < -0.3 is 4.74 Å². The second kappa shape index (κ2) is 3.69. The van der Waals surface area contributed by atoms with Crippen LogP contribution in [0.5, 0.6) is 5.75 Å². The minimum absolute atomic E-state index is 0.286. The lowest BCUT2D eigenvalue weighted by Gasteiger charge is -2.35. The van der Waals surface area contributed by atoms with Gasteiger partial charge in [0.15, 0.2) is 0 Å². The quantitative estimate of drug-likeness (QED) is 0.700. The first kappa shape index (κ1) is 9.04. The van der Waals surface area contributed by atoms with E-state index >= 15 is 0 Å². The summed E-state index contributed by atoms with van der Waals surface area (Å²) in [5.41, 5.74) is 0.648. The van der Waals surface area contributed by atoms with Crippen LogP contribution in [0, 0.1) is 11.3 Å². The van der Waals surface area contributed by atoms with E-state index in [4.69, 9.17) is 10.00 Å². The first-order valence-electron chi connectivity index (χ1n) is 4.63. The van der Waals surface area contributed by atoms with Crippen LogP contribution >= 0.6 is 0 Å². The average molecular weight is 188 g/mol. The predicted molar refractivity (Wildman–Crippen MR) is 53.1 cm³/mol. The van der Waals surface area contributed by atoms with Gasteiger partial charge in [-0.2, -0.15) is 5.26 Å². The molecule has 1 heterocycles. The van der Waals surface area contributed by atoms with Gasteiger partial charge in [-0.15, -0.1) is 0 Å². The number of benzene rings is 1. The van der Waals surface area contributed by atoms with Gasteiger partial charge in [0, 0.05) is 13.1 Å². The van der Waals surface area contributed by atoms with Gasteiger partial charge in [0.2, 0.25) is 0 Å². The summed E-state index contributed by atoms with van der Waals surface area (Å²) < 4.78 is 5.67. The van der Waals surface area contributed by atoms with E-state index in [1.165, 1.54) is 0 Å². The molecule has 0 amide bonds. The fourth-order valence-corrected chi connectivity index (χ4v) is 1.55. The molecule has 3 nitrogen and oxygen atoms in total. The number of nitriles is 1. The topological polar surface area (TPSA) is 36.3 Å². The number of rotatable bonds is 2. The van der Waals surface area contributed by atoms with Crippen LogP contribution in [-0.4, -0.2) is 31.1 Å². The Labute approximate surface area is 83.5 Å². The van der Waals surface area contributed by atoms with Crippen LogP contribution in [-0.2, 0) is 0 Å². The molecule has 1 aliphatic heterocycles. The predicted octanol–water partition coefficient (Wildman–Crippen LogP) is 1.25. The van der Waals surface area contributed by atoms with Gasteiger partial charge in [0.1, 0.15) is 11.9 Å². The molecule has 0 aromatic heterocycles. The highest BCUT2D eigenvalue weighted by atomic mass is 16.5. The number of likely N-dealkylation sites (tertiary alicyclic amines) is 1. The molecule has 1 aliphatic rings. The summed E-state index contributed by atoms with van der Waals surface area (Å²) in [7, 11) is 2.06. The molecule has 0 spiro atoms. The van der Waals surface area contributed by atoms with Crippen molar-refractivity contribution in [2.75, 3.05) is 20.1 Å². The van der Waals surface area contributed by atoms with Crippen LogP contribution < -0.4 is 4.74 Å². The van der Waals surface area contributed by atoms with Gasteiger partial charge in [-0.1, -0.05) is 6.07 Å². The molecule has 0 aliphatic carbocycles. The van der Waals surface area contributed by atoms with Crippen LogP contribution in [0.3, 0.4) is 0 Å². The van der Waals surface area contributed by atoms with Gasteiger partial charge in [0.25, 0.3) is 0 Å². The van der Waals surface area contributed by atoms with E-state index in [1.807, 2.05) is 12.1 Å². The lowest BCUT2D eigenvalue weighted by molar-refractivity contribution is 0.0388. The van der Waals surface area contributed by atoms with Gasteiger partial charge in [-0.25, -0.2) is 0 Å². The Hall–Kier alpha value is -1.53. The number of hydrogen-bond donors (Lipinski definition) is 0. The molecule has 1 fully saturated rings. The molecule has 1 aromatic rings. The zero-order valence-corrected chi connectivity index (χ0v) is 8.10. The average Bonchev–Trinajstić information content (AvgIpc) is 2.16. The van der Waals surface area contributed by atoms with Crippen molar-refractivity contribution in [1.29, 1.82) is 5.26 Å². The summed E-state index contributed by atoms with van der Waals surface area (Å²) in [5, 5.41) is 8.70. The zero-order valence-electron chi connectivity index (χ0n) is 8.10. The van der Waals surface area contributed by atoms with E-state index in [-0.39, 0.29) is 6.10 Å². The first-order valence-corrected chi connectivity index (χ1v) is 4.63. The third-order valence-corrected chi connectivity index (χ3v) is 2.30. The van der Waals surface area contributed by atoms with Gasteiger partial charge >= 0.3 is 0 Å². The Balaban J connectivity index is 2.00. The summed E-state index contributed by atoms with van der Waals surface area (Å²) in [6.07, 6.45) is 0.286. The maximum Gasteiger partial charge on any atom is 0.124 e. The van der Waals surface area contributed by atoms with E-state index in [1.54, 1.807) is 12.1 Å². The summed E-state index contributed by atoms with van der Waals surface area (Å²) in [5.74, 6) is 0.794. The maximum atomic E-state index is 8.70. The SMILES string of the molecule is CN1CC(Oc2cccc(C#N)c2)C1. The molecule has 2 rings (SSSR count). The Bertz CT molecular complexity index is 364. The van der Waals surface area contributed by atoms with Crippen molar-refractivity contribution in [3.05, 3.63) is 29.8 Å². The highest BCUT2D eigenvalue weighted by Crippen LogP contribution is 2.17. The Kier molecular flexibility index (Phi) is 2.38. The van der Waals surface area contributed by atoms with Crippen LogP contribution in [0.15, 0.2) is 24.3 Å². The largest absolute Gasteiger partial charge is 0.488 e. The van der Waals surface area contributed by atoms with Crippen LogP contribution in [0.25, 0.3) is 0 Å². The van der Waals surface area contributed by atoms with Crippen LogP contribution in [0.1, 0.15) is 5.56 Å². The first-order chi connectivity index (χ1) is 6.78. The lowest BCUT2D eigenvalue weighted by Crippen LogP contribution is -2.51. The monoisotopic (exact) mass is 188 g/mol. The Morgan fingerprint density at radius 3 is 2.93 bits per heavy atom. The number of likely N-dealkylation sites (N-methyl/N-ethyl adjacent to an activating group) is 1. The van der Waals surface area contributed by atoms with Crippen molar-refractivity contribution in [2.45, 2.75) is 6.10 Å². The van der Waals surface area contributed by atoms with Crippen molar-refractivity contribution < 1.29 is 4.74 Å². The Morgan fingerprint density at radius 1 is 1.50 bits per heavy atom. The fraction of sp³-hybridized carbons (Fsp3) is 0.364. The highest BCUT2D eigenvalue weighted by Gasteiger charge is 2.24. The summed E-state index contributed by atoms with van der Waals surface area (Å²) >= 11 is 0. The zero-order chi connectivity index (χ0) is 9.97. The number of hydrogen-bond acceptors (Lipinski definition) is 3. The molecule has 0 unspecified atom stereocenters. The third kappa shape index (κ3) is 1.86. The molecule has 14 heavy (non-hydrogen) atoms. The van der Waals surface area contributed by atoms with Crippen LogP contribution in [0.4, 0.5) is 0 Å². The number of ether oxygens (including phenoxy) is 1. The lowest BCUT2D eigenvalue weighted by atomic mass is 10.2. The van der Waals surface area contributed by atoms with Crippen molar-refractivity contribution >= 4 is 0 Å². The summed E-state index contributed by atoms with van der Waals surface area (Å²) in [6, 6.07) is 9.38. The second-order valence-electron chi connectivity index (χ2n) is 3.60. The minimum atomic E-state index is 0.286. The van der Waals surface area contributed by atoms with E-state index in [2.05, 4.69) is 18.0 Å². The van der Waals surface area contributed by atoms with Gasteiger partial charge in [0.05, 0.1) is 11.6 Å².